The number of hydrogen-bond donors (Lipinski definition) is 0. The smallest absolute Gasteiger partial charge is 0.127 e. The standard InChI is InChI=1S/C15H16O.C2H6/c1-12(2)13-8-10-15(11-9-13)16-14-6-4-3-5-7-14;1-2/h3-12H,1-2H3;1-2H3. The number of para-hydroxylation sites is 1. The topological polar surface area (TPSA) is 9.23 Å². The number of ether oxygens (including phenoxy) is 1. The van der Waals surface area contributed by atoms with Crippen LogP contribution in [0.4, 0.5) is 0 Å². The maximum atomic E-state index is 5.71. The Morgan fingerprint density at radius 1 is 0.722 bits per heavy atom. The third-order valence-electron chi connectivity index (χ3n) is 2.53. The van der Waals surface area contributed by atoms with Crippen LogP contribution in [0.3, 0.4) is 0 Å². The molecule has 0 aliphatic carbocycles. The molecular weight excluding hydrogens is 220 g/mol. The fraction of sp³-hybridized carbons (Fsp3) is 0.294. The van der Waals surface area contributed by atoms with Crippen LogP contribution in [0.2, 0.25) is 0 Å². The van der Waals surface area contributed by atoms with Gasteiger partial charge in [0.15, 0.2) is 0 Å². The summed E-state index contributed by atoms with van der Waals surface area (Å²) in [4.78, 5) is 0. The number of benzene rings is 2. The third-order valence-corrected chi connectivity index (χ3v) is 2.53. The van der Waals surface area contributed by atoms with Crippen molar-refractivity contribution in [1.29, 1.82) is 0 Å². The van der Waals surface area contributed by atoms with Crippen LogP contribution in [0.1, 0.15) is 39.2 Å². The second-order valence-corrected chi connectivity index (χ2v) is 4.14. The molecule has 1 heteroatoms. The zero-order valence-corrected chi connectivity index (χ0v) is 11.7. The Kier molecular flexibility index (Phi) is 5.99. The molecule has 0 N–H and O–H groups in total. The number of rotatable bonds is 3. The summed E-state index contributed by atoms with van der Waals surface area (Å²) >= 11 is 0. The molecule has 1 nitrogen and oxygen atoms in total. The first kappa shape index (κ1) is 14.3. The maximum Gasteiger partial charge on any atom is 0.127 e. The van der Waals surface area contributed by atoms with E-state index in [1.54, 1.807) is 0 Å². The van der Waals surface area contributed by atoms with Crippen LogP contribution < -0.4 is 4.74 Å². The van der Waals surface area contributed by atoms with Gasteiger partial charge in [-0.3, -0.25) is 0 Å². The third kappa shape index (κ3) is 4.25. The first-order valence-corrected chi connectivity index (χ1v) is 6.58. The Morgan fingerprint density at radius 3 is 1.72 bits per heavy atom. The molecule has 0 aromatic heterocycles. The van der Waals surface area contributed by atoms with Crippen molar-refractivity contribution in [1.82, 2.24) is 0 Å². The monoisotopic (exact) mass is 242 g/mol. The molecule has 0 aliphatic rings. The Labute approximate surface area is 110 Å². The van der Waals surface area contributed by atoms with Crippen molar-refractivity contribution in [2.45, 2.75) is 33.6 Å². The average Bonchev–Trinajstić information content (AvgIpc) is 2.43. The fourth-order valence-electron chi connectivity index (χ4n) is 1.55. The molecule has 2 aromatic rings. The van der Waals surface area contributed by atoms with Gasteiger partial charge in [0, 0.05) is 0 Å². The molecule has 0 heterocycles. The van der Waals surface area contributed by atoms with Gasteiger partial charge in [-0.05, 0) is 35.7 Å². The van der Waals surface area contributed by atoms with Crippen LogP contribution in [-0.4, -0.2) is 0 Å². The van der Waals surface area contributed by atoms with Gasteiger partial charge in [-0.2, -0.15) is 0 Å². The van der Waals surface area contributed by atoms with Crippen LogP contribution in [0.25, 0.3) is 0 Å². The van der Waals surface area contributed by atoms with E-state index in [1.165, 1.54) is 5.56 Å². The van der Waals surface area contributed by atoms with Gasteiger partial charge in [-0.25, -0.2) is 0 Å². The first-order chi connectivity index (χ1) is 8.75. The van der Waals surface area contributed by atoms with E-state index in [0.29, 0.717) is 5.92 Å². The van der Waals surface area contributed by atoms with Crippen molar-refractivity contribution >= 4 is 0 Å². The molecule has 0 radical (unpaired) electrons. The predicted molar refractivity (Wildman–Crippen MR) is 78.4 cm³/mol. The minimum absolute atomic E-state index is 0.561. The van der Waals surface area contributed by atoms with E-state index >= 15 is 0 Å². The van der Waals surface area contributed by atoms with Gasteiger partial charge in [-0.1, -0.05) is 58.0 Å². The van der Waals surface area contributed by atoms with E-state index in [1.807, 2.05) is 56.3 Å². The van der Waals surface area contributed by atoms with Gasteiger partial charge >= 0.3 is 0 Å². The van der Waals surface area contributed by atoms with E-state index in [-0.39, 0.29) is 0 Å². The summed E-state index contributed by atoms with van der Waals surface area (Å²) < 4.78 is 5.71. The lowest BCUT2D eigenvalue weighted by Crippen LogP contribution is -1.88. The van der Waals surface area contributed by atoms with Crippen molar-refractivity contribution in [2.24, 2.45) is 0 Å². The van der Waals surface area contributed by atoms with Gasteiger partial charge < -0.3 is 4.74 Å². The highest BCUT2D eigenvalue weighted by Gasteiger charge is 2.00. The molecule has 2 aromatic carbocycles. The lowest BCUT2D eigenvalue weighted by molar-refractivity contribution is 0.482. The Balaban J connectivity index is 0.000000771. The van der Waals surface area contributed by atoms with Crippen LogP contribution in [0.5, 0.6) is 11.5 Å². The minimum atomic E-state index is 0.561. The average molecular weight is 242 g/mol. The summed E-state index contributed by atoms with van der Waals surface area (Å²) in [6.45, 7) is 8.38. The summed E-state index contributed by atoms with van der Waals surface area (Å²) in [5.41, 5.74) is 1.33. The Bertz CT molecular complexity index is 429. The van der Waals surface area contributed by atoms with Gasteiger partial charge in [-0.15, -0.1) is 0 Å². The highest BCUT2D eigenvalue weighted by atomic mass is 16.5. The van der Waals surface area contributed by atoms with Gasteiger partial charge in [0.2, 0.25) is 0 Å². The molecule has 0 aliphatic heterocycles. The largest absolute Gasteiger partial charge is 0.457 e. The summed E-state index contributed by atoms with van der Waals surface area (Å²) in [7, 11) is 0. The molecule has 0 unspecified atom stereocenters. The van der Waals surface area contributed by atoms with Crippen molar-refractivity contribution in [3.63, 3.8) is 0 Å². The Morgan fingerprint density at radius 2 is 1.22 bits per heavy atom. The molecule has 0 bridgehead atoms. The van der Waals surface area contributed by atoms with E-state index in [2.05, 4.69) is 26.0 Å². The second-order valence-electron chi connectivity index (χ2n) is 4.14. The normalized spacial score (nSPS) is 9.61. The summed E-state index contributed by atoms with van der Waals surface area (Å²) in [6, 6.07) is 18.1. The lowest BCUT2D eigenvalue weighted by Gasteiger charge is -2.08. The SMILES string of the molecule is CC.CC(C)c1ccc(Oc2ccccc2)cc1. The van der Waals surface area contributed by atoms with Crippen molar-refractivity contribution < 1.29 is 4.74 Å². The molecule has 18 heavy (non-hydrogen) atoms. The van der Waals surface area contributed by atoms with E-state index in [0.717, 1.165) is 11.5 Å². The van der Waals surface area contributed by atoms with Gasteiger partial charge in [0.1, 0.15) is 11.5 Å². The maximum absolute atomic E-state index is 5.71. The van der Waals surface area contributed by atoms with Crippen molar-refractivity contribution in [3.05, 3.63) is 60.2 Å². The molecule has 0 spiro atoms. The second kappa shape index (κ2) is 7.54. The highest BCUT2D eigenvalue weighted by molar-refractivity contribution is 5.33. The van der Waals surface area contributed by atoms with Gasteiger partial charge in [0.25, 0.3) is 0 Å². The van der Waals surface area contributed by atoms with Crippen molar-refractivity contribution in [2.75, 3.05) is 0 Å². The Hall–Kier alpha value is -1.76. The van der Waals surface area contributed by atoms with Crippen LogP contribution in [0.15, 0.2) is 54.6 Å². The molecule has 0 fully saturated rings. The molecular formula is C17H22O. The zero-order chi connectivity index (χ0) is 13.4. The summed E-state index contributed by atoms with van der Waals surface area (Å²) in [5.74, 6) is 2.32. The highest BCUT2D eigenvalue weighted by Crippen LogP contribution is 2.23. The lowest BCUT2D eigenvalue weighted by atomic mass is 10.0. The quantitative estimate of drug-likeness (QED) is 0.678. The van der Waals surface area contributed by atoms with E-state index < -0.39 is 0 Å². The summed E-state index contributed by atoms with van der Waals surface area (Å²) in [6.07, 6.45) is 0. The summed E-state index contributed by atoms with van der Waals surface area (Å²) in [5, 5.41) is 0. The van der Waals surface area contributed by atoms with Crippen molar-refractivity contribution in [3.8, 4) is 11.5 Å². The van der Waals surface area contributed by atoms with E-state index in [4.69, 9.17) is 4.74 Å². The zero-order valence-electron chi connectivity index (χ0n) is 11.7. The molecule has 96 valence electrons. The number of hydrogen-bond acceptors (Lipinski definition) is 1. The molecule has 0 saturated carbocycles. The van der Waals surface area contributed by atoms with Crippen LogP contribution in [-0.2, 0) is 0 Å². The van der Waals surface area contributed by atoms with Crippen LogP contribution >= 0.6 is 0 Å². The minimum Gasteiger partial charge on any atom is -0.457 e. The molecule has 0 atom stereocenters. The predicted octanol–water partition coefficient (Wildman–Crippen LogP) is 5.63. The van der Waals surface area contributed by atoms with Gasteiger partial charge in [0.05, 0.1) is 0 Å². The molecule has 0 saturated heterocycles. The molecule has 0 amide bonds. The van der Waals surface area contributed by atoms with E-state index in [9.17, 15) is 0 Å². The molecule has 2 rings (SSSR count). The fourth-order valence-corrected chi connectivity index (χ4v) is 1.55. The first-order valence-electron chi connectivity index (χ1n) is 6.58. The van der Waals surface area contributed by atoms with Crippen LogP contribution in [0, 0.1) is 0 Å².